The van der Waals surface area contributed by atoms with Crippen LogP contribution in [-0.4, -0.2) is 60.4 Å². The quantitative estimate of drug-likeness (QED) is 0.227. The molecule has 2 heterocycles. The number of anilines is 2. The molecule has 0 aliphatic carbocycles. The van der Waals surface area contributed by atoms with Crippen molar-refractivity contribution in [1.82, 2.24) is 20.2 Å². The topological polar surface area (TPSA) is 125 Å². The molecule has 1 aliphatic heterocycles. The van der Waals surface area contributed by atoms with Crippen molar-refractivity contribution in [2.45, 2.75) is 39.3 Å². The van der Waals surface area contributed by atoms with Gasteiger partial charge in [-0.25, -0.2) is 9.37 Å². The Bertz CT molecular complexity index is 1850. The maximum atomic E-state index is 14.1. The van der Waals surface area contributed by atoms with Crippen LogP contribution in [0.25, 0.3) is 11.4 Å². The van der Waals surface area contributed by atoms with Crippen LogP contribution in [0.1, 0.15) is 57.2 Å². The molecule has 1 atom stereocenters. The molecule has 238 valence electrons. The van der Waals surface area contributed by atoms with Gasteiger partial charge in [0.05, 0.1) is 18.8 Å². The first-order valence-corrected chi connectivity index (χ1v) is 15.2. The van der Waals surface area contributed by atoms with Crippen molar-refractivity contribution in [2.24, 2.45) is 0 Å². The number of amides is 2. The lowest BCUT2D eigenvalue weighted by Crippen LogP contribution is -2.38. The van der Waals surface area contributed by atoms with Crippen LogP contribution < -0.4 is 26.4 Å². The SMILES string of the molecule is CNC(=O)c1cccc(-c2ncc(NC(=O)[C@H](C)NC)c(=O)n2Cc2cc(C(=O)c3ccc(F)cc3)cc(N3CCCC3)c2)c1C. The molecule has 1 saturated heterocycles. The predicted molar refractivity (Wildman–Crippen MR) is 176 cm³/mol. The fraction of sp³-hybridized carbons (Fsp3) is 0.286. The Hall–Kier alpha value is -5.16. The highest BCUT2D eigenvalue weighted by atomic mass is 19.1. The van der Waals surface area contributed by atoms with E-state index in [4.69, 9.17) is 0 Å². The molecule has 5 rings (SSSR count). The number of nitrogens with one attached hydrogen (secondary N) is 3. The Morgan fingerprint density at radius 3 is 2.37 bits per heavy atom. The summed E-state index contributed by atoms with van der Waals surface area (Å²) >= 11 is 0. The molecule has 1 aromatic heterocycles. The Balaban J connectivity index is 1.66. The summed E-state index contributed by atoms with van der Waals surface area (Å²) in [5, 5.41) is 8.17. The van der Waals surface area contributed by atoms with Crippen LogP contribution >= 0.6 is 0 Å². The molecule has 0 unspecified atom stereocenters. The normalized spacial score (nSPS) is 13.4. The van der Waals surface area contributed by atoms with Crippen molar-refractivity contribution in [3.63, 3.8) is 0 Å². The Morgan fingerprint density at radius 2 is 1.70 bits per heavy atom. The fourth-order valence-electron chi connectivity index (χ4n) is 5.57. The zero-order valence-electron chi connectivity index (χ0n) is 26.3. The van der Waals surface area contributed by atoms with Crippen molar-refractivity contribution in [2.75, 3.05) is 37.4 Å². The molecule has 46 heavy (non-hydrogen) atoms. The lowest BCUT2D eigenvalue weighted by molar-refractivity contribution is -0.117. The molecule has 10 nitrogen and oxygen atoms in total. The second-order valence-corrected chi connectivity index (χ2v) is 11.4. The van der Waals surface area contributed by atoms with Crippen LogP contribution in [0.5, 0.6) is 0 Å². The number of rotatable bonds is 10. The van der Waals surface area contributed by atoms with E-state index in [0.29, 0.717) is 39.2 Å². The van der Waals surface area contributed by atoms with Crippen LogP contribution in [0.3, 0.4) is 0 Å². The monoisotopic (exact) mass is 624 g/mol. The molecule has 1 fully saturated rings. The van der Waals surface area contributed by atoms with Gasteiger partial charge >= 0.3 is 0 Å². The van der Waals surface area contributed by atoms with Gasteiger partial charge in [0.1, 0.15) is 17.3 Å². The third kappa shape index (κ3) is 6.74. The number of benzene rings is 3. The van der Waals surface area contributed by atoms with E-state index in [1.165, 1.54) is 35.0 Å². The standard InChI is InChI=1S/C35H37FN6O4/c1-21-28(8-7-9-29(21)34(45)38-4)32-39-19-30(40-33(44)22(2)37-3)35(46)42(32)20-23-16-25(18-27(17-23)41-14-5-6-15-41)31(43)24-10-12-26(36)13-11-24/h7-13,16-19,22,37H,5-6,14-15,20H2,1-4H3,(H,38,45)(H,40,44)/t22-/m0/s1. The minimum atomic E-state index is -0.559. The highest BCUT2D eigenvalue weighted by molar-refractivity contribution is 6.09. The maximum Gasteiger partial charge on any atom is 0.277 e. The van der Waals surface area contributed by atoms with Gasteiger partial charge in [0.25, 0.3) is 11.5 Å². The summed E-state index contributed by atoms with van der Waals surface area (Å²) in [7, 11) is 3.19. The average Bonchev–Trinajstić information content (AvgIpc) is 3.61. The van der Waals surface area contributed by atoms with E-state index < -0.39 is 23.3 Å². The number of hydrogen-bond donors (Lipinski definition) is 3. The van der Waals surface area contributed by atoms with Gasteiger partial charge in [-0.2, -0.15) is 0 Å². The first-order valence-electron chi connectivity index (χ1n) is 15.2. The van der Waals surface area contributed by atoms with E-state index in [-0.39, 0.29) is 23.9 Å². The summed E-state index contributed by atoms with van der Waals surface area (Å²) in [6, 6.07) is 15.5. The summed E-state index contributed by atoms with van der Waals surface area (Å²) in [4.78, 5) is 59.9. The number of aromatic nitrogens is 2. The Morgan fingerprint density at radius 1 is 0.978 bits per heavy atom. The molecule has 4 aromatic rings. The smallest absolute Gasteiger partial charge is 0.277 e. The van der Waals surface area contributed by atoms with Crippen LogP contribution in [0, 0.1) is 12.7 Å². The number of halogens is 1. The summed E-state index contributed by atoms with van der Waals surface area (Å²) in [6.45, 7) is 5.14. The van der Waals surface area contributed by atoms with Gasteiger partial charge in [-0.1, -0.05) is 12.1 Å². The number of carbonyl (C=O) groups is 3. The third-order valence-corrected chi connectivity index (χ3v) is 8.34. The molecule has 3 aromatic carbocycles. The van der Waals surface area contributed by atoms with Gasteiger partial charge in [0, 0.05) is 48.1 Å². The largest absolute Gasteiger partial charge is 0.372 e. The van der Waals surface area contributed by atoms with Crippen LogP contribution in [0.2, 0.25) is 0 Å². The van der Waals surface area contributed by atoms with Crippen molar-refractivity contribution in [1.29, 1.82) is 0 Å². The van der Waals surface area contributed by atoms with E-state index in [2.05, 4.69) is 25.8 Å². The highest BCUT2D eigenvalue weighted by Crippen LogP contribution is 2.28. The molecule has 0 spiro atoms. The number of ketones is 1. The Labute approximate surface area is 266 Å². The molecular formula is C35H37FN6O4. The van der Waals surface area contributed by atoms with Gasteiger partial charge < -0.3 is 20.9 Å². The minimum absolute atomic E-state index is 0.00531. The number of nitrogens with zero attached hydrogens (tertiary/aromatic N) is 3. The number of hydrogen-bond acceptors (Lipinski definition) is 7. The fourth-order valence-corrected chi connectivity index (χ4v) is 5.57. The van der Waals surface area contributed by atoms with Gasteiger partial charge in [-0.3, -0.25) is 23.7 Å². The van der Waals surface area contributed by atoms with Crippen molar-refractivity contribution < 1.29 is 18.8 Å². The second kappa shape index (κ2) is 13.9. The number of carbonyl (C=O) groups excluding carboxylic acids is 3. The maximum absolute atomic E-state index is 14.1. The van der Waals surface area contributed by atoms with Gasteiger partial charge in [0.15, 0.2) is 5.78 Å². The average molecular weight is 625 g/mol. The van der Waals surface area contributed by atoms with E-state index in [1.54, 1.807) is 52.2 Å². The zero-order valence-corrected chi connectivity index (χ0v) is 26.3. The lowest BCUT2D eigenvalue weighted by Gasteiger charge is -2.21. The van der Waals surface area contributed by atoms with Gasteiger partial charge in [0.2, 0.25) is 5.91 Å². The lowest BCUT2D eigenvalue weighted by atomic mass is 9.99. The minimum Gasteiger partial charge on any atom is -0.372 e. The molecule has 1 aliphatic rings. The summed E-state index contributed by atoms with van der Waals surface area (Å²) in [5.41, 5.74) is 3.37. The van der Waals surface area contributed by atoms with Crippen molar-refractivity contribution in [3.05, 3.63) is 111 Å². The summed E-state index contributed by atoms with van der Waals surface area (Å²) in [6.07, 6.45) is 3.37. The zero-order chi connectivity index (χ0) is 33.0. The van der Waals surface area contributed by atoms with E-state index in [0.717, 1.165) is 31.6 Å². The molecule has 0 radical (unpaired) electrons. The third-order valence-electron chi connectivity index (χ3n) is 8.34. The molecule has 0 bridgehead atoms. The first-order chi connectivity index (χ1) is 22.1. The summed E-state index contributed by atoms with van der Waals surface area (Å²) in [5.74, 6) is -1.09. The predicted octanol–water partition coefficient (Wildman–Crippen LogP) is 4.14. The molecule has 3 N–H and O–H groups in total. The van der Waals surface area contributed by atoms with Crippen LogP contribution in [-0.2, 0) is 11.3 Å². The van der Waals surface area contributed by atoms with Crippen molar-refractivity contribution >= 4 is 29.0 Å². The molecule has 2 amide bonds. The van der Waals surface area contributed by atoms with Crippen LogP contribution in [0.15, 0.2) is 71.7 Å². The van der Waals surface area contributed by atoms with Gasteiger partial charge in [-0.15, -0.1) is 0 Å². The highest BCUT2D eigenvalue weighted by Gasteiger charge is 2.22. The molecule has 11 heteroatoms. The molecular weight excluding hydrogens is 587 g/mol. The van der Waals surface area contributed by atoms with Crippen molar-refractivity contribution in [3.8, 4) is 11.4 Å². The summed E-state index contributed by atoms with van der Waals surface area (Å²) < 4.78 is 15.1. The number of likely N-dealkylation sites (N-methyl/N-ethyl adjacent to an activating group) is 1. The Kier molecular flexibility index (Phi) is 9.72. The van der Waals surface area contributed by atoms with Crippen LogP contribution in [0.4, 0.5) is 15.8 Å². The van der Waals surface area contributed by atoms with E-state index in [9.17, 15) is 23.6 Å². The van der Waals surface area contributed by atoms with Gasteiger partial charge in [-0.05, 0) is 93.4 Å². The van der Waals surface area contributed by atoms with E-state index >= 15 is 0 Å². The molecule has 0 saturated carbocycles. The first kappa shape index (κ1) is 32.2. The van der Waals surface area contributed by atoms with E-state index in [1.807, 2.05) is 12.1 Å². The second-order valence-electron chi connectivity index (χ2n) is 11.4.